The number of aromatic amines is 1. The number of aldehydes is 1. The summed E-state index contributed by atoms with van der Waals surface area (Å²) in [7, 11) is 0. The smallest absolute Gasteiger partial charge is 0.262 e. The van der Waals surface area contributed by atoms with Crippen LogP contribution in [0.3, 0.4) is 0 Å². The van der Waals surface area contributed by atoms with E-state index in [2.05, 4.69) is 20.5 Å². The first-order valence-electron chi connectivity index (χ1n) is 8.54. The van der Waals surface area contributed by atoms with E-state index in [1.54, 1.807) is 49.4 Å². The highest BCUT2D eigenvalue weighted by atomic mass is 35.5. The minimum absolute atomic E-state index is 0.0473. The zero-order valence-electron chi connectivity index (χ0n) is 15.4. The molecule has 4 N–H and O–H groups in total. The van der Waals surface area contributed by atoms with Crippen molar-refractivity contribution in [2.45, 2.75) is 13.5 Å². The average Bonchev–Trinajstić information content (AvgIpc) is 3.07. The highest BCUT2D eigenvalue weighted by molar-refractivity contribution is 6.34. The van der Waals surface area contributed by atoms with Gasteiger partial charge in [0.1, 0.15) is 12.0 Å². The van der Waals surface area contributed by atoms with E-state index in [9.17, 15) is 9.59 Å². The number of H-pyrrole nitrogens is 1. The number of guanidine groups is 1. The van der Waals surface area contributed by atoms with Crippen molar-refractivity contribution in [1.82, 2.24) is 15.5 Å². The molecule has 2 aromatic carbocycles. The van der Waals surface area contributed by atoms with E-state index < -0.39 is 5.91 Å². The molecule has 3 aromatic rings. The first-order valence-corrected chi connectivity index (χ1v) is 9.30. The Labute approximate surface area is 176 Å². The van der Waals surface area contributed by atoms with Gasteiger partial charge in [-0.1, -0.05) is 47.5 Å². The van der Waals surface area contributed by atoms with E-state index in [-0.39, 0.29) is 12.5 Å². The summed E-state index contributed by atoms with van der Waals surface area (Å²) in [5.41, 5.74) is 9.21. The fraction of sp³-hybridized carbons (Fsp3) is 0.100. The van der Waals surface area contributed by atoms with E-state index in [1.165, 1.54) is 0 Å². The second-order valence-electron chi connectivity index (χ2n) is 6.25. The Hall–Kier alpha value is -3.16. The van der Waals surface area contributed by atoms with Crippen molar-refractivity contribution >= 4 is 41.4 Å². The molecule has 0 unspecified atom stereocenters. The molecule has 0 saturated carbocycles. The standard InChI is InChI=1S/C20H17Cl2N5O2/c1-11-17(18(27-26-11)14-4-2-12(10-28)3-5-14)19(29)25-20(23)24-9-13-6-15(21)8-16(22)7-13/h2-8,10H,9H2,1H3,(H,26,27)(H3,23,24,25,29). The third-order valence-corrected chi connectivity index (χ3v) is 4.53. The quantitative estimate of drug-likeness (QED) is 0.325. The number of hydrogen-bond donors (Lipinski definition) is 3. The van der Waals surface area contributed by atoms with E-state index in [4.69, 9.17) is 28.9 Å². The summed E-state index contributed by atoms with van der Waals surface area (Å²) in [4.78, 5) is 27.7. The number of aliphatic imine (C=N–C) groups is 1. The predicted octanol–water partition coefficient (Wildman–Crippen LogP) is 3.75. The van der Waals surface area contributed by atoms with Crippen LogP contribution in [0.25, 0.3) is 11.3 Å². The normalized spacial score (nSPS) is 11.3. The van der Waals surface area contributed by atoms with Crippen molar-refractivity contribution in [2.75, 3.05) is 0 Å². The lowest BCUT2D eigenvalue weighted by molar-refractivity contribution is 0.0976. The van der Waals surface area contributed by atoms with Gasteiger partial charge in [-0.15, -0.1) is 0 Å². The van der Waals surface area contributed by atoms with Gasteiger partial charge in [0.2, 0.25) is 0 Å². The Morgan fingerprint density at radius 2 is 1.86 bits per heavy atom. The topological polar surface area (TPSA) is 113 Å². The third-order valence-electron chi connectivity index (χ3n) is 4.09. The molecule has 148 valence electrons. The summed E-state index contributed by atoms with van der Waals surface area (Å²) in [5, 5.41) is 10.5. The Kier molecular flexibility index (Phi) is 6.31. The first-order chi connectivity index (χ1) is 13.9. The number of nitrogens with zero attached hydrogens (tertiary/aromatic N) is 2. The van der Waals surface area contributed by atoms with Crippen LogP contribution in [0.1, 0.15) is 32.0 Å². The molecule has 0 atom stereocenters. The van der Waals surface area contributed by atoms with Crippen LogP contribution in [0.5, 0.6) is 0 Å². The molecule has 0 aliphatic heterocycles. The average molecular weight is 430 g/mol. The minimum atomic E-state index is -0.448. The number of nitrogens with two attached hydrogens (primary N) is 1. The number of aryl methyl sites for hydroxylation is 1. The van der Waals surface area contributed by atoms with Gasteiger partial charge < -0.3 is 5.73 Å². The van der Waals surface area contributed by atoms with Gasteiger partial charge >= 0.3 is 0 Å². The predicted molar refractivity (Wildman–Crippen MR) is 113 cm³/mol. The Morgan fingerprint density at radius 3 is 2.48 bits per heavy atom. The van der Waals surface area contributed by atoms with Crippen LogP contribution in [0.2, 0.25) is 10.0 Å². The van der Waals surface area contributed by atoms with E-state index in [0.717, 1.165) is 11.8 Å². The summed E-state index contributed by atoms with van der Waals surface area (Å²) < 4.78 is 0. The third kappa shape index (κ3) is 5.01. The van der Waals surface area contributed by atoms with Crippen molar-refractivity contribution in [3.8, 4) is 11.3 Å². The van der Waals surface area contributed by atoms with E-state index in [0.29, 0.717) is 38.1 Å². The summed E-state index contributed by atoms with van der Waals surface area (Å²) >= 11 is 11.9. The zero-order valence-corrected chi connectivity index (χ0v) is 16.9. The van der Waals surface area contributed by atoms with Gasteiger partial charge in [-0.05, 0) is 30.7 Å². The van der Waals surface area contributed by atoms with Gasteiger partial charge in [-0.2, -0.15) is 5.10 Å². The molecule has 1 aromatic heterocycles. The highest BCUT2D eigenvalue weighted by Gasteiger charge is 2.20. The lowest BCUT2D eigenvalue weighted by Crippen LogP contribution is -2.37. The Bertz CT molecular complexity index is 1070. The fourth-order valence-electron chi connectivity index (χ4n) is 2.73. The number of halogens is 2. The maximum absolute atomic E-state index is 12.7. The van der Waals surface area contributed by atoms with Crippen molar-refractivity contribution in [3.05, 3.63) is 74.9 Å². The molecule has 29 heavy (non-hydrogen) atoms. The molecule has 0 bridgehead atoms. The number of benzene rings is 2. The van der Waals surface area contributed by atoms with Crippen LogP contribution in [0.15, 0.2) is 47.5 Å². The molecular weight excluding hydrogens is 413 g/mol. The monoisotopic (exact) mass is 429 g/mol. The first kappa shape index (κ1) is 20.6. The van der Waals surface area contributed by atoms with Gasteiger partial charge in [-0.25, -0.2) is 4.99 Å². The number of carbonyl (C=O) groups excluding carboxylic acids is 2. The number of nitrogens with one attached hydrogen (secondary N) is 2. The number of hydrogen-bond acceptors (Lipinski definition) is 4. The lowest BCUT2D eigenvalue weighted by atomic mass is 10.0. The number of aromatic nitrogens is 2. The molecule has 9 heteroatoms. The maximum Gasteiger partial charge on any atom is 0.262 e. The van der Waals surface area contributed by atoms with E-state index in [1.807, 2.05) is 0 Å². The summed E-state index contributed by atoms with van der Waals surface area (Å²) in [6, 6.07) is 11.8. The number of rotatable bonds is 5. The number of amides is 1. The van der Waals surface area contributed by atoms with Gasteiger partial charge in [0.15, 0.2) is 5.96 Å². The molecule has 0 radical (unpaired) electrons. The largest absolute Gasteiger partial charge is 0.370 e. The van der Waals surface area contributed by atoms with Gasteiger partial charge in [-0.3, -0.25) is 20.0 Å². The second kappa shape index (κ2) is 8.89. The lowest BCUT2D eigenvalue weighted by Gasteiger charge is -2.07. The fourth-order valence-corrected chi connectivity index (χ4v) is 3.30. The minimum Gasteiger partial charge on any atom is -0.370 e. The number of carbonyl (C=O) groups is 2. The molecule has 0 aliphatic carbocycles. The maximum atomic E-state index is 12.7. The van der Waals surface area contributed by atoms with E-state index >= 15 is 0 Å². The van der Waals surface area contributed by atoms with Gasteiger partial charge in [0.05, 0.1) is 12.1 Å². The van der Waals surface area contributed by atoms with Crippen LogP contribution in [0, 0.1) is 6.92 Å². The SMILES string of the molecule is Cc1[nH]nc(-c2ccc(C=O)cc2)c1C(=O)NC(N)=NCc1cc(Cl)cc(Cl)c1. The molecule has 0 spiro atoms. The molecule has 1 amide bonds. The summed E-state index contributed by atoms with van der Waals surface area (Å²) in [6.45, 7) is 1.93. The molecular formula is C20H17Cl2N5O2. The van der Waals surface area contributed by atoms with Crippen LogP contribution in [0.4, 0.5) is 0 Å². The molecule has 0 fully saturated rings. The molecule has 1 heterocycles. The van der Waals surface area contributed by atoms with Crippen molar-refractivity contribution in [3.63, 3.8) is 0 Å². The van der Waals surface area contributed by atoms with Crippen LogP contribution < -0.4 is 11.1 Å². The Balaban J connectivity index is 1.78. The Morgan fingerprint density at radius 1 is 1.21 bits per heavy atom. The second-order valence-corrected chi connectivity index (χ2v) is 7.12. The molecule has 0 saturated heterocycles. The van der Waals surface area contributed by atoms with Crippen molar-refractivity contribution in [2.24, 2.45) is 10.7 Å². The van der Waals surface area contributed by atoms with Crippen molar-refractivity contribution in [1.29, 1.82) is 0 Å². The molecule has 0 aliphatic rings. The van der Waals surface area contributed by atoms with Crippen LogP contribution >= 0.6 is 23.2 Å². The van der Waals surface area contributed by atoms with Gasteiger partial charge in [0, 0.05) is 26.9 Å². The van der Waals surface area contributed by atoms with Crippen LogP contribution in [-0.2, 0) is 6.54 Å². The summed E-state index contributed by atoms with van der Waals surface area (Å²) in [5.74, 6) is -0.495. The van der Waals surface area contributed by atoms with Gasteiger partial charge in [0.25, 0.3) is 5.91 Å². The summed E-state index contributed by atoms with van der Waals surface area (Å²) in [6.07, 6.45) is 0.747. The molecule has 3 rings (SSSR count). The van der Waals surface area contributed by atoms with Crippen molar-refractivity contribution < 1.29 is 9.59 Å². The highest BCUT2D eigenvalue weighted by Crippen LogP contribution is 2.24. The van der Waals surface area contributed by atoms with Crippen LogP contribution in [-0.4, -0.2) is 28.4 Å². The zero-order chi connectivity index (χ0) is 21.0. The molecule has 7 nitrogen and oxygen atoms in total.